The fourth-order valence-electron chi connectivity index (χ4n) is 1.86. The van der Waals surface area contributed by atoms with E-state index in [1.54, 1.807) is 12.4 Å². The third-order valence-corrected chi connectivity index (χ3v) is 3.20. The standard InChI is InChI=1S/C11H16ClN3O/c1-15(10-2-4-16-5-3-10)11-8-13-9(6-12)7-14-11/h7-8,10H,2-6H2,1H3. The smallest absolute Gasteiger partial charge is 0.147 e. The van der Waals surface area contributed by atoms with E-state index in [0.717, 1.165) is 37.6 Å². The van der Waals surface area contributed by atoms with Crippen molar-refractivity contribution in [2.75, 3.05) is 25.2 Å². The highest BCUT2D eigenvalue weighted by Gasteiger charge is 2.19. The lowest BCUT2D eigenvalue weighted by molar-refractivity contribution is 0.0853. The van der Waals surface area contributed by atoms with Crippen LogP contribution >= 0.6 is 11.6 Å². The molecule has 5 heteroatoms. The van der Waals surface area contributed by atoms with E-state index in [1.807, 2.05) is 0 Å². The van der Waals surface area contributed by atoms with E-state index in [2.05, 4.69) is 21.9 Å². The van der Waals surface area contributed by atoms with Gasteiger partial charge in [0.2, 0.25) is 0 Å². The molecule has 0 unspecified atom stereocenters. The molecule has 0 amide bonds. The molecule has 1 aliphatic heterocycles. The Bertz CT molecular complexity index is 325. The maximum Gasteiger partial charge on any atom is 0.147 e. The van der Waals surface area contributed by atoms with E-state index in [4.69, 9.17) is 16.3 Å². The van der Waals surface area contributed by atoms with Gasteiger partial charge >= 0.3 is 0 Å². The minimum atomic E-state index is 0.411. The van der Waals surface area contributed by atoms with Gasteiger partial charge in [-0.2, -0.15) is 0 Å². The molecule has 4 nitrogen and oxygen atoms in total. The van der Waals surface area contributed by atoms with Crippen LogP contribution in [0.4, 0.5) is 5.82 Å². The van der Waals surface area contributed by atoms with Crippen LogP contribution in [0.3, 0.4) is 0 Å². The van der Waals surface area contributed by atoms with Crippen LogP contribution < -0.4 is 4.90 Å². The molecular formula is C11H16ClN3O. The van der Waals surface area contributed by atoms with Crippen molar-refractivity contribution < 1.29 is 4.74 Å². The number of hydrogen-bond donors (Lipinski definition) is 0. The van der Waals surface area contributed by atoms with Crippen molar-refractivity contribution in [3.05, 3.63) is 18.1 Å². The molecular weight excluding hydrogens is 226 g/mol. The van der Waals surface area contributed by atoms with Gasteiger partial charge in [0.1, 0.15) is 5.82 Å². The van der Waals surface area contributed by atoms with Crippen molar-refractivity contribution in [2.45, 2.75) is 24.8 Å². The van der Waals surface area contributed by atoms with Crippen molar-refractivity contribution in [3.8, 4) is 0 Å². The number of alkyl halides is 1. The normalized spacial score (nSPS) is 17.4. The van der Waals surface area contributed by atoms with Gasteiger partial charge < -0.3 is 9.64 Å². The Morgan fingerprint density at radius 1 is 1.38 bits per heavy atom. The van der Waals surface area contributed by atoms with E-state index in [0.29, 0.717) is 11.9 Å². The van der Waals surface area contributed by atoms with Crippen LogP contribution in [-0.2, 0) is 10.6 Å². The molecule has 0 N–H and O–H groups in total. The first-order valence-electron chi connectivity index (χ1n) is 5.48. The molecule has 2 heterocycles. The molecule has 0 bridgehead atoms. The third kappa shape index (κ3) is 2.62. The molecule has 0 aliphatic carbocycles. The molecule has 0 atom stereocenters. The van der Waals surface area contributed by atoms with Gasteiger partial charge in [-0.15, -0.1) is 11.6 Å². The summed E-state index contributed by atoms with van der Waals surface area (Å²) in [5.74, 6) is 1.31. The molecule has 16 heavy (non-hydrogen) atoms. The van der Waals surface area contributed by atoms with Gasteiger partial charge in [0.05, 0.1) is 24.0 Å². The topological polar surface area (TPSA) is 38.2 Å². The van der Waals surface area contributed by atoms with Gasteiger partial charge in [-0.25, -0.2) is 4.98 Å². The highest BCUT2D eigenvalue weighted by molar-refractivity contribution is 6.16. The average Bonchev–Trinajstić information content (AvgIpc) is 2.39. The number of aromatic nitrogens is 2. The summed E-state index contributed by atoms with van der Waals surface area (Å²) in [7, 11) is 2.06. The Morgan fingerprint density at radius 2 is 2.12 bits per heavy atom. The number of rotatable bonds is 3. The highest BCUT2D eigenvalue weighted by Crippen LogP contribution is 2.18. The van der Waals surface area contributed by atoms with Gasteiger partial charge in [0, 0.05) is 26.3 Å². The molecule has 1 fully saturated rings. The van der Waals surface area contributed by atoms with Crippen LogP contribution in [0.2, 0.25) is 0 Å². The first kappa shape index (κ1) is 11.6. The second kappa shape index (κ2) is 5.46. The summed E-state index contributed by atoms with van der Waals surface area (Å²) >= 11 is 5.67. The summed E-state index contributed by atoms with van der Waals surface area (Å²) in [5.41, 5.74) is 0.811. The minimum Gasteiger partial charge on any atom is -0.381 e. The third-order valence-electron chi connectivity index (χ3n) is 2.93. The van der Waals surface area contributed by atoms with Crippen LogP contribution in [0.1, 0.15) is 18.5 Å². The Labute approximate surface area is 101 Å². The van der Waals surface area contributed by atoms with Crippen LogP contribution in [0.15, 0.2) is 12.4 Å². The molecule has 1 aromatic rings. The molecule has 1 aromatic heterocycles. The average molecular weight is 242 g/mol. The summed E-state index contributed by atoms with van der Waals surface area (Å²) in [6, 6.07) is 0.505. The molecule has 1 saturated heterocycles. The summed E-state index contributed by atoms with van der Waals surface area (Å²) in [6.45, 7) is 1.67. The number of anilines is 1. The van der Waals surface area contributed by atoms with E-state index in [9.17, 15) is 0 Å². The van der Waals surface area contributed by atoms with Crippen molar-refractivity contribution in [2.24, 2.45) is 0 Å². The van der Waals surface area contributed by atoms with Gasteiger partial charge in [-0.3, -0.25) is 4.98 Å². The fourth-order valence-corrected chi connectivity index (χ4v) is 2.00. The molecule has 0 spiro atoms. The Hall–Kier alpha value is -0.870. The van der Waals surface area contributed by atoms with E-state index in [1.165, 1.54) is 0 Å². The summed E-state index contributed by atoms with van der Waals surface area (Å²) in [5, 5.41) is 0. The van der Waals surface area contributed by atoms with Crippen LogP contribution in [-0.4, -0.2) is 36.3 Å². The number of halogens is 1. The monoisotopic (exact) mass is 241 g/mol. The lowest BCUT2D eigenvalue weighted by Gasteiger charge is -2.31. The predicted octanol–water partition coefficient (Wildman–Crippen LogP) is 1.83. The lowest BCUT2D eigenvalue weighted by Crippen LogP contribution is -2.37. The summed E-state index contributed by atoms with van der Waals surface area (Å²) < 4.78 is 5.34. The molecule has 0 saturated carbocycles. The maximum absolute atomic E-state index is 5.67. The van der Waals surface area contributed by atoms with Gasteiger partial charge in [0.15, 0.2) is 0 Å². The predicted molar refractivity (Wildman–Crippen MR) is 63.8 cm³/mol. The van der Waals surface area contributed by atoms with E-state index < -0.39 is 0 Å². The molecule has 1 aliphatic rings. The van der Waals surface area contributed by atoms with Gasteiger partial charge in [0.25, 0.3) is 0 Å². The molecule has 88 valence electrons. The van der Waals surface area contributed by atoms with Crippen LogP contribution in [0.25, 0.3) is 0 Å². The molecule has 2 rings (SSSR count). The summed E-state index contributed by atoms with van der Waals surface area (Å²) in [4.78, 5) is 10.8. The second-order valence-corrected chi connectivity index (χ2v) is 4.22. The largest absolute Gasteiger partial charge is 0.381 e. The lowest BCUT2D eigenvalue weighted by atomic mass is 10.1. The van der Waals surface area contributed by atoms with Gasteiger partial charge in [-0.05, 0) is 12.8 Å². The number of nitrogens with zero attached hydrogens (tertiary/aromatic N) is 3. The van der Waals surface area contributed by atoms with Crippen molar-refractivity contribution in [1.82, 2.24) is 9.97 Å². The highest BCUT2D eigenvalue weighted by atomic mass is 35.5. The number of ether oxygens (including phenoxy) is 1. The van der Waals surface area contributed by atoms with Crippen molar-refractivity contribution in [1.29, 1.82) is 0 Å². The Kier molecular flexibility index (Phi) is 3.96. The fraction of sp³-hybridized carbons (Fsp3) is 0.636. The zero-order valence-corrected chi connectivity index (χ0v) is 10.2. The zero-order chi connectivity index (χ0) is 11.4. The zero-order valence-electron chi connectivity index (χ0n) is 9.40. The molecule has 0 aromatic carbocycles. The van der Waals surface area contributed by atoms with Crippen LogP contribution in [0.5, 0.6) is 0 Å². The van der Waals surface area contributed by atoms with E-state index >= 15 is 0 Å². The van der Waals surface area contributed by atoms with Crippen molar-refractivity contribution >= 4 is 17.4 Å². The quantitative estimate of drug-likeness (QED) is 0.757. The van der Waals surface area contributed by atoms with Crippen molar-refractivity contribution in [3.63, 3.8) is 0 Å². The first-order valence-corrected chi connectivity index (χ1v) is 6.02. The minimum absolute atomic E-state index is 0.411. The molecule has 0 radical (unpaired) electrons. The summed E-state index contributed by atoms with van der Waals surface area (Å²) in [6.07, 6.45) is 5.62. The van der Waals surface area contributed by atoms with Crippen LogP contribution in [0, 0.1) is 0 Å². The van der Waals surface area contributed by atoms with E-state index in [-0.39, 0.29) is 0 Å². The first-order chi connectivity index (χ1) is 7.81. The van der Waals surface area contributed by atoms with Gasteiger partial charge in [-0.1, -0.05) is 0 Å². The Balaban J connectivity index is 2.04. The maximum atomic E-state index is 5.67. The number of hydrogen-bond acceptors (Lipinski definition) is 4. The Morgan fingerprint density at radius 3 is 2.69 bits per heavy atom. The SMILES string of the molecule is CN(c1cnc(CCl)cn1)C1CCOCC1. The second-order valence-electron chi connectivity index (χ2n) is 3.95.